The van der Waals surface area contributed by atoms with Crippen molar-refractivity contribution >= 4 is 11.8 Å². The van der Waals surface area contributed by atoms with E-state index in [4.69, 9.17) is 4.74 Å². The molecule has 0 aliphatic carbocycles. The van der Waals surface area contributed by atoms with Crippen molar-refractivity contribution in [1.82, 2.24) is 15.2 Å². The molecule has 0 bridgehead atoms. The first-order valence-corrected chi connectivity index (χ1v) is 8.78. The molecule has 0 atom stereocenters. The Labute approximate surface area is 153 Å². The number of ether oxygens (including phenoxy) is 1. The van der Waals surface area contributed by atoms with Gasteiger partial charge in [-0.05, 0) is 30.2 Å². The predicted octanol–water partition coefficient (Wildman–Crippen LogP) is 2.07. The SMILES string of the molecule is CC(=O)N1CCOc2ccc(CCC(=O)NCc3ccccn3)cc2C1. The van der Waals surface area contributed by atoms with Crippen molar-refractivity contribution in [2.45, 2.75) is 32.9 Å². The van der Waals surface area contributed by atoms with Crippen LogP contribution in [-0.2, 0) is 29.1 Å². The molecule has 136 valence electrons. The standard InChI is InChI=1S/C20H23N3O3/c1-15(24)23-10-11-26-19-7-5-16(12-17(19)14-23)6-8-20(25)22-13-18-4-2-3-9-21-18/h2-5,7,9,12H,6,8,10-11,13-14H2,1H3,(H,22,25). The molecular formula is C20H23N3O3. The van der Waals surface area contributed by atoms with Crippen molar-refractivity contribution in [2.24, 2.45) is 0 Å². The maximum absolute atomic E-state index is 12.1. The second-order valence-corrected chi connectivity index (χ2v) is 6.33. The van der Waals surface area contributed by atoms with E-state index in [0.717, 1.165) is 22.6 Å². The Kier molecular flexibility index (Phi) is 5.84. The number of carbonyl (C=O) groups is 2. The van der Waals surface area contributed by atoms with E-state index in [0.29, 0.717) is 39.1 Å². The lowest BCUT2D eigenvalue weighted by atomic mass is 10.0. The number of carbonyl (C=O) groups excluding carboxylic acids is 2. The van der Waals surface area contributed by atoms with Gasteiger partial charge in [-0.25, -0.2) is 0 Å². The molecule has 0 saturated carbocycles. The van der Waals surface area contributed by atoms with Crippen LogP contribution in [0.3, 0.4) is 0 Å². The number of fused-ring (bicyclic) bond motifs is 1. The van der Waals surface area contributed by atoms with Crippen LogP contribution in [-0.4, -0.2) is 34.8 Å². The Morgan fingerprint density at radius 2 is 2.15 bits per heavy atom. The summed E-state index contributed by atoms with van der Waals surface area (Å²) in [5.41, 5.74) is 2.89. The molecule has 1 N–H and O–H groups in total. The minimum absolute atomic E-state index is 0.00721. The Morgan fingerprint density at radius 1 is 1.27 bits per heavy atom. The Balaban J connectivity index is 1.55. The second kappa shape index (κ2) is 8.47. The fraction of sp³-hybridized carbons (Fsp3) is 0.350. The molecule has 6 nitrogen and oxygen atoms in total. The van der Waals surface area contributed by atoms with Gasteiger partial charge in [0.05, 0.1) is 18.8 Å². The fourth-order valence-electron chi connectivity index (χ4n) is 2.91. The van der Waals surface area contributed by atoms with E-state index >= 15 is 0 Å². The van der Waals surface area contributed by atoms with E-state index < -0.39 is 0 Å². The highest BCUT2D eigenvalue weighted by molar-refractivity contribution is 5.76. The molecule has 2 heterocycles. The molecule has 0 radical (unpaired) electrons. The normalized spacial score (nSPS) is 13.3. The third-order valence-corrected chi connectivity index (χ3v) is 4.38. The molecule has 1 aliphatic heterocycles. The summed E-state index contributed by atoms with van der Waals surface area (Å²) in [6.07, 6.45) is 2.76. The Hall–Kier alpha value is -2.89. The molecule has 1 aromatic carbocycles. The molecule has 0 spiro atoms. The molecule has 0 fully saturated rings. The van der Waals surface area contributed by atoms with E-state index in [1.54, 1.807) is 18.0 Å². The van der Waals surface area contributed by atoms with Gasteiger partial charge in [-0.3, -0.25) is 14.6 Å². The molecule has 6 heteroatoms. The average molecular weight is 353 g/mol. The molecule has 3 rings (SSSR count). The first kappa shape index (κ1) is 17.9. The number of hydrogen-bond donors (Lipinski definition) is 1. The van der Waals surface area contributed by atoms with Crippen LogP contribution in [0, 0.1) is 0 Å². The van der Waals surface area contributed by atoms with Crippen molar-refractivity contribution in [3.63, 3.8) is 0 Å². The van der Waals surface area contributed by atoms with Gasteiger partial charge in [0.15, 0.2) is 0 Å². The molecule has 1 aromatic heterocycles. The largest absolute Gasteiger partial charge is 0.491 e. The lowest BCUT2D eigenvalue weighted by molar-refractivity contribution is -0.129. The van der Waals surface area contributed by atoms with Gasteiger partial charge in [0, 0.05) is 31.6 Å². The molecule has 2 amide bonds. The summed E-state index contributed by atoms with van der Waals surface area (Å²) in [5, 5.41) is 2.88. The van der Waals surface area contributed by atoms with E-state index in [1.165, 1.54) is 0 Å². The fourth-order valence-corrected chi connectivity index (χ4v) is 2.91. The summed E-state index contributed by atoms with van der Waals surface area (Å²) in [4.78, 5) is 29.7. The molecule has 1 aliphatic rings. The predicted molar refractivity (Wildman–Crippen MR) is 97.4 cm³/mol. The first-order chi connectivity index (χ1) is 12.6. The maximum atomic E-state index is 12.1. The van der Waals surface area contributed by atoms with Crippen LogP contribution in [0.4, 0.5) is 0 Å². The molecular weight excluding hydrogens is 330 g/mol. The van der Waals surface area contributed by atoms with Gasteiger partial charge >= 0.3 is 0 Å². The smallest absolute Gasteiger partial charge is 0.220 e. The van der Waals surface area contributed by atoms with Crippen molar-refractivity contribution in [1.29, 1.82) is 0 Å². The minimum Gasteiger partial charge on any atom is -0.491 e. The lowest BCUT2D eigenvalue weighted by Crippen LogP contribution is -2.30. The van der Waals surface area contributed by atoms with Gasteiger partial charge < -0.3 is 15.0 Å². The van der Waals surface area contributed by atoms with Crippen molar-refractivity contribution in [2.75, 3.05) is 13.2 Å². The van der Waals surface area contributed by atoms with Gasteiger partial charge in [0.25, 0.3) is 0 Å². The Morgan fingerprint density at radius 3 is 2.92 bits per heavy atom. The monoisotopic (exact) mass is 353 g/mol. The molecule has 2 aromatic rings. The van der Waals surface area contributed by atoms with Crippen LogP contribution in [0.2, 0.25) is 0 Å². The second-order valence-electron chi connectivity index (χ2n) is 6.33. The number of rotatable bonds is 5. The third kappa shape index (κ3) is 4.81. The number of benzene rings is 1. The van der Waals surface area contributed by atoms with Gasteiger partial charge in [0.2, 0.25) is 11.8 Å². The number of aryl methyl sites for hydroxylation is 1. The quantitative estimate of drug-likeness (QED) is 0.893. The summed E-state index contributed by atoms with van der Waals surface area (Å²) in [6, 6.07) is 11.6. The lowest BCUT2D eigenvalue weighted by Gasteiger charge is -2.17. The zero-order valence-electron chi connectivity index (χ0n) is 14.9. The minimum atomic E-state index is -0.00721. The third-order valence-electron chi connectivity index (χ3n) is 4.38. The van der Waals surface area contributed by atoms with E-state index in [9.17, 15) is 9.59 Å². The van der Waals surface area contributed by atoms with Crippen molar-refractivity contribution < 1.29 is 14.3 Å². The van der Waals surface area contributed by atoms with Crippen LogP contribution in [0.15, 0.2) is 42.6 Å². The van der Waals surface area contributed by atoms with Gasteiger partial charge in [-0.1, -0.05) is 18.2 Å². The molecule has 0 saturated heterocycles. The Bertz CT molecular complexity index is 777. The highest BCUT2D eigenvalue weighted by Crippen LogP contribution is 2.25. The zero-order chi connectivity index (χ0) is 18.4. The highest BCUT2D eigenvalue weighted by atomic mass is 16.5. The molecule has 26 heavy (non-hydrogen) atoms. The van der Waals surface area contributed by atoms with Crippen molar-refractivity contribution in [3.05, 3.63) is 59.4 Å². The van der Waals surface area contributed by atoms with E-state index in [-0.39, 0.29) is 11.8 Å². The van der Waals surface area contributed by atoms with Crippen molar-refractivity contribution in [3.8, 4) is 5.75 Å². The summed E-state index contributed by atoms with van der Waals surface area (Å²) in [6.45, 7) is 3.65. The summed E-state index contributed by atoms with van der Waals surface area (Å²) in [5.74, 6) is 0.852. The summed E-state index contributed by atoms with van der Waals surface area (Å²) in [7, 11) is 0. The van der Waals surface area contributed by atoms with E-state index in [2.05, 4.69) is 10.3 Å². The van der Waals surface area contributed by atoms with Crippen LogP contribution >= 0.6 is 0 Å². The van der Waals surface area contributed by atoms with Crippen LogP contribution in [0.1, 0.15) is 30.2 Å². The van der Waals surface area contributed by atoms with E-state index in [1.807, 2.05) is 36.4 Å². The van der Waals surface area contributed by atoms with Gasteiger partial charge in [-0.2, -0.15) is 0 Å². The average Bonchev–Trinajstić information content (AvgIpc) is 2.87. The number of amides is 2. The molecule has 0 unspecified atom stereocenters. The zero-order valence-corrected chi connectivity index (χ0v) is 14.9. The van der Waals surface area contributed by atoms with Crippen LogP contribution in [0.25, 0.3) is 0 Å². The van der Waals surface area contributed by atoms with Gasteiger partial charge in [-0.15, -0.1) is 0 Å². The maximum Gasteiger partial charge on any atom is 0.220 e. The number of pyridine rings is 1. The summed E-state index contributed by atoms with van der Waals surface area (Å²) < 4.78 is 5.72. The number of nitrogens with zero attached hydrogens (tertiary/aromatic N) is 2. The summed E-state index contributed by atoms with van der Waals surface area (Å²) >= 11 is 0. The first-order valence-electron chi connectivity index (χ1n) is 8.78. The van der Waals surface area contributed by atoms with Gasteiger partial charge in [0.1, 0.15) is 12.4 Å². The topological polar surface area (TPSA) is 71.5 Å². The van der Waals surface area contributed by atoms with Crippen LogP contribution in [0.5, 0.6) is 5.75 Å². The number of hydrogen-bond acceptors (Lipinski definition) is 4. The van der Waals surface area contributed by atoms with Crippen LogP contribution < -0.4 is 10.1 Å². The number of aromatic nitrogens is 1. The highest BCUT2D eigenvalue weighted by Gasteiger charge is 2.17. The number of nitrogens with one attached hydrogen (secondary N) is 1.